The molecule has 1 fully saturated rings. The second kappa shape index (κ2) is 3.85. The highest BCUT2D eigenvalue weighted by Crippen LogP contribution is 2.37. The number of halogens is 1. The number of aryl methyl sites for hydroxylation is 1. The van der Waals surface area contributed by atoms with Crippen LogP contribution in [0, 0.1) is 6.92 Å². The summed E-state index contributed by atoms with van der Waals surface area (Å²) in [5, 5.41) is 0. The van der Waals surface area contributed by atoms with Gasteiger partial charge in [0.25, 0.3) is 0 Å². The molecule has 0 aliphatic heterocycles. The lowest BCUT2D eigenvalue weighted by Crippen LogP contribution is -2.05. The Morgan fingerprint density at radius 1 is 1.29 bits per heavy atom. The Hall–Kier alpha value is -0.640. The molecule has 1 aliphatic carbocycles. The van der Waals surface area contributed by atoms with Crippen LogP contribution in [0.15, 0.2) is 4.47 Å². The van der Waals surface area contributed by atoms with E-state index in [0.29, 0.717) is 11.7 Å². The third-order valence-electron chi connectivity index (χ3n) is 2.76. The van der Waals surface area contributed by atoms with Crippen molar-refractivity contribution in [2.24, 2.45) is 0 Å². The predicted molar refractivity (Wildman–Crippen MR) is 60.1 cm³/mol. The van der Waals surface area contributed by atoms with Crippen molar-refractivity contribution < 1.29 is 0 Å². The lowest BCUT2D eigenvalue weighted by molar-refractivity contribution is 0.685. The Kier molecular flexibility index (Phi) is 2.72. The van der Waals surface area contributed by atoms with Crippen LogP contribution in [0.4, 0.5) is 5.82 Å². The van der Waals surface area contributed by atoms with Crippen LogP contribution in [0.3, 0.4) is 0 Å². The summed E-state index contributed by atoms with van der Waals surface area (Å²) in [5.41, 5.74) is 6.90. The van der Waals surface area contributed by atoms with Gasteiger partial charge in [0.05, 0.1) is 10.2 Å². The molecule has 1 heterocycles. The van der Waals surface area contributed by atoms with Gasteiger partial charge in [0, 0.05) is 5.92 Å². The van der Waals surface area contributed by atoms with Crippen molar-refractivity contribution in [1.29, 1.82) is 0 Å². The molecule has 0 unspecified atom stereocenters. The molecule has 14 heavy (non-hydrogen) atoms. The minimum absolute atomic E-state index is 0.569. The van der Waals surface area contributed by atoms with Crippen molar-refractivity contribution in [2.45, 2.75) is 38.5 Å². The normalized spacial score (nSPS) is 17.6. The van der Waals surface area contributed by atoms with Crippen molar-refractivity contribution in [3.63, 3.8) is 0 Å². The van der Waals surface area contributed by atoms with Gasteiger partial charge in [-0.05, 0) is 35.7 Å². The van der Waals surface area contributed by atoms with Crippen LogP contribution in [0.5, 0.6) is 0 Å². The van der Waals surface area contributed by atoms with Gasteiger partial charge in [-0.25, -0.2) is 9.97 Å². The molecule has 0 bridgehead atoms. The number of nitrogen functional groups attached to an aromatic ring is 1. The van der Waals surface area contributed by atoms with Crippen molar-refractivity contribution in [3.05, 3.63) is 16.0 Å². The third kappa shape index (κ3) is 1.75. The van der Waals surface area contributed by atoms with Crippen LogP contribution in [-0.2, 0) is 0 Å². The monoisotopic (exact) mass is 255 g/mol. The molecule has 0 aromatic carbocycles. The molecule has 1 aromatic rings. The summed E-state index contributed by atoms with van der Waals surface area (Å²) < 4.78 is 0.898. The first-order valence-corrected chi connectivity index (χ1v) is 5.77. The van der Waals surface area contributed by atoms with Gasteiger partial charge in [0.1, 0.15) is 11.6 Å². The molecule has 1 aliphatic rings. The number of nitrogens with zero attached hydrogens (tertiary/aromatic N) is 2. The summed E-state index contributed by atoms with van der Waals surface area (Å²) >= 11 is 3.47. The van der Waals surface area contributed by atoms with Crippen LogP contribution < -0.4 is 5.73 Å². The molecule has 3 nitrogen and oxygen atoms in total. The minimum Gasteiger partial charge on any atom is -0.383 e. The van der Waals surface area contributed by atoms with Gasteiger partial charge in [-0.3, -0.25) is 0 Å². The number of hydrogen-bond donors (Lipinski definition) is 1. The van der Waals surface area contributed by atoms with E-state index in [-0.39, 0.29) is 0 Å². The summed E-state index contributed by atoms with van der Waals surface area (Å²) in [5.74, 6) is 1.92. The molecule has 2 rings (SSSR count). The maximum atomic E-state index is 5.79. The largest absolute Gasteiger partial charge is 0.383 e. The van der Waals surface area contributed by atoms with Crippen molar-refractivity contribution in [2.75, 3.05) is 5.73 Å². The van der Waals surface area contributed by atoms with Crippen LogP contribution in [-0.4, -0.2) is 9.97 Å². The van der Waals surface area contributed by atoms with E-state index in [4.69, 9.17) is 5.73 Å². The average molecular weight is 256 g/mol. The lowest BCUT2D eigenvalue weighted by Gasteiger charge is -2.12. The Labute approximate surface area is 92.3 Å². The lowest BCUT2D eigenvalue weighted by atomic mass is 10.0. The van der Waals surface area contributed by atoms with E-state index in [9.17, 15) is 0 Å². The van der Waals surface area contributed by atoms with Crippen LogP contribution in [0.25, 0.3) is 0 Å². The van der Waals surface area contributed by atoms with Crippen LogP contribution >= 0.6 is 15.9 Å². The molecule has 0 spiro atoms. The summed E-state index contributed by atoms with van der Waals surface area (Å²) in [4.78, 5) is 8.60. The van der Waals surface area contributed by atoms with Gasteiger partial charge in [-0.2, -0.15) is 0 Å². The maximum absolute atomic E-state index is 5.79. The SMILES string of the molecule is Cc1nc(N)c(Br)c(C2CCCC2)n1. The molecule has 1 aromatic heterocycles. The Morgan fingerprint density at radius 2 is 1.93 bits per heavy atom. The minimum atomic E-state index is 0.569. The smallest absolute Gasteiger partial charge is 0.141 e. The second-order valence-electron chi connectivity index (χ2n) is 3.84. The molecule has 2 N–H and O–H groups in total. The molecule has 0 amide bonds. The van der Waals surface area contributed by atoms with Gasteiger partial charge < -0.3 is 5.73 Å². The summed E-state index contributed by atoms with van der Waals surface area (Å²) in [6, 6.07) is 0. The van der Waals surface area contributed by atoms with E-state index in [1.165, 1.54) is 25.7 Å². The third-order valence-corrected chi connectivity index (χ3v) is 3.57. The van der Waals surface area contributed by atoms with Crippen LogP contribution in [0.2, 0.25) is 0 Å². The second-order valence-corrected chi connectivity index (χ2v) is 4.63. The van der Waals surface area contributed by atoms with E-state index in [1.807, 2.05) is 6.92 Å². The van der Waals surface area contributed by atoms with Crippen LogP contribution in [0.1, 0.15) is 43.1 Å². The fourth-order valence-electron chi connectivity index (χ4n) is 2.07. The first kappa shape index (κ1) is 9.90. The average Bonchev–Trinajstić information content (AvgIpc) is 2.63. The van der Waals surface area contributed by atoms with Crippen molar-refractivity contribution in [1.82, 2.24) is 9.97 Å². The number of rotatable bonds is 1. The van der Waals surface area contributed by atoms with Gasteiger partial charge in [-0.15, -0.1) is 0 Å². The van der Waals surface area contributed by atoms with Crippen molar-refractivity contribution in [3.8, 4) is 0 Å². The zero-order valence-electron chi connectivity index (χ0n) is 8.26. The van der Waals surface area contributed by atoms with E-state index in [0.717, 1.165) is 16.0 Å². The molecule has 1 saturated carbocycles. The summed E-state index contributed by atoms with van der Waals surface area (Å²) in [7, 11) is 0. The highest BCUT2D eigenvalue weighted by Gasteiger charge is 2.22. The fraction of sp³-hybridized carbons (Fsp3) is 0.600. The summed E-state index contributed by atoms with van der Waals surface area (Å²) in [6.45, 7) is 1.89. The molecular formula is C10H14BrN3. The first-order valence-electron chi connectivity index (χ1n) is 4.98. The van der Waals surface area contributed by atoms with E-state index >= 15 is 0 Å². The number of nitrogens with two attached hydrogens (primary N) is 1. The predicted octanol–water partition coefficient (Wildman–Crippen LogP) is 2.79. The standard InChI is InChI=1S/C10H14BrN3/c1-6-13-9(7-4-2-3-5-7)8(11)10(12)14-6/h7H,2-5H2,1H3,(H2,12,13,14). The zero-order chi connectivity index (χ0) is 10.1. The Morgan fingerprint density at radius 3 is 2.57 bits per heavy atom. The number of hydrogen-bond acceptors (Lipinski definition) is 3. The van der Waals surface area contributed by atoms with Gasteiger partial charge >= 0.3 is 0 Å². The fourth-order valence-corrected chi connectivity index (χ4v) is 2.57. The van der Waals surface area contributed by atoms with E-state index < -0.39 is 0 Å². The number of anilines is 1. The van der Waals surface area contributed by atoms with E-state index in [2.05, 4.69) is 25.9 Å². The summed E-state index contributed by atoms with van der Waals surface area (Å²) in [6.07, 6.45) is 5.07. The zero-order valence-corrected chi connectivity index (χ0v) is 9.84. The van der Waals surface area contributed by atoms with Gasteiger partial charge in [0.15, 0.2) is 0 Å². The first-order chi connectivity index (χ1) is 6.68. The molecule has 0 atom stereocenters. The maximum Gasteiger partial charge on any atom is 0.141 e. The molecule has 0 saturated heterocycles. The molecule has 4 heteroatoms. The Bertz CT molecular complexity index is 345. The molecule has 0 radical (unpaired) electrons. The highest BCUT2D eigenvalue weighted by atomic mass is 79.9. The molecule has 76 valence electrons. The number of aromatic nitrogens is 2. The van der Waals surface area contributed by atoms with E-state index in [1.54, 1.807) is 0 Å². The Balaban J connectivity index is 2.40. The van der Waals surface area contributed by atoms with Gasteiger partial charge in [0.2, 0.25) is 0 Å². The highest BCUT2D eigenvalue weighted by molar-refractivity contribution is 9.10. The van der Waals surface area contributed by atoms with Crippen molar-refractivity contribution >= 4 is 21.7 Å². The quantitative estimate of drug-likeness (QED) is 0.840. The topological polar surface area (TPSA) is 51.8 Å². The molecular weight excluding hydrogens is 242 g/mol. The van der Waals surface area contributed by atoms with Gasteiger partial charge in [-0.1, -0.05) is 12.8 Å².